The van der Waals surface area contributed by atoms with Gasteiger partial charge < -0.3 is 10.7 Å². The van der Waals surface area contributed by atoms with Crippen molar-refractivity contribution in [2.75, 3.05) is 0 Å². The Labute approximate surface area is 136 Å². The van der Waals surface area contributed by atoms with E-state index in [4.69, 9.17) is 22.6 Å². The van der Waals surface area contributed by atoms with E-state index in [1.807, 2.05) is 6.07 Å². The summed E-state index contributed by atoms with van der Waals surface area (Å²) in [5.41, 5.74) is 8.77. The molecule has 0 fully saturated rings. The smallest absolute Gasteiger partial charge is 0.241 e. The lowest BCUT2D eigenvalue weighted by atomic mass is 10.1. The number of nitrogens with zero attached hydrogens (tertiary/aromatic N) is 3. The number of rotatable bonds is 3. The van der Waals surface area contributed by atoms with Crippen LogP contribution in [-0.4, -0.2) is 20.9 Å². The average molecular weight is 324 g/mol. The van der Waals surface area contributed by atoms with Gasteiger partial charge in [0, 0.05) is 23.4 Å². The van der Waals surface area contributed by atoms with Crippen LogP contribution in [0.15, 0.2) is 36.7 Å². The zero-order valence-corrected chi connectivity index (χ0v) is 12.5. The van der Waals surface area contributed by atoms with Gasteiger partial charge in [0.15, 0.2) is 5.65 Å². The number of fused-ring (bicyclic) bond motifs is 1. The first-order valence-electron chi connectivity index (χ1n) is 6.60. The number of amides is 1. The third kappa shape index (κ3) is 2.91. The van der Waals surface area contributed by atoms with E-state index in [0.717, 1.165) is 5.56 Å². The van der Waals surface area contributed by atoms with Crippen LogP contribution in [0.2, 0.25) is 5.02 Å². The number of aromatic nitrogens is 3. The lowest BCUT2D eigenvalue weighted by Gasteiger charge is -2.03. The number of halogens is 1. The maximum absolute atomic E-state index is 10.9. The first-order chi connectivity index (χ1) is 11.1. The fourth-order valence-electron chi connectivity index (χ4n) is 2.11. The van der Waals surface area contributed by atoms with Crippen molar-refractivity contribution in [3.8, 4) is 17.3 Å². The second-order valence-corrected chi connectivity index (χ2v) is 5.15. The fourth-order valence-corrected chi connectivity index (χ4v) is 2.34. The number of nitriles is 1. The van der Waals surface area contributed by atoms with Crippen molar-refractivity contribution in [2.24, 2.45) is 5.73 Å². The third-order valence-electron chi connectivity index (χ3n) is 3.22. The van der Waals surface area contributed by atoms with Crippen molar-refractivity contribution >= 4 is 34.7 Å². The van der Waals surface area contributed by atoms with E-state index < -0.39 is 5.91 Å². The van der Waals surface area contributed by atoms with Crippen LogP contribution in [0.3, 0.4) is 0 Å². The first kappa shape index (κ1) is 14.8. The molecular formula is C16H10ClN5O. The largest absolute Gasteiger partial charge is 0.366 e. The Morgan fingerprint density at radius 2 is 2.26 bits per heavy atom. The highest BCUT2D eigenvalue weighted by molar-refractivity contribution is 6.32. The van der Waals surface area contributed by atoms with Crippen LogP contribution in [0.5, 0.6) is 0 Å². The summed E-state index contributed by atoms with van der Waals surface area (Å²) in [6.45, 7) is 0. The van der Waals surface area contributed by atoms with Crippen molar-refractivity contribution in [3.63, 3.8) is 0 Å². The molecule has 0 aliphatic carbocycles. The molecule has 2 heterocycles. The molecule has 0 bridgehead atoms. The van der Waals surface area contributed by atoms with Gasteiger partial charge in [-0.2, -0.15) is 5.26 Å². The fraction of sp³-hybridized carbons (Fsp3) is 0. The van der Waals surface area contributed by atoms with Crippen LogP contribution in [0.4, 0.5) is 0 Å². The molecule has 0 aliphatic rings. The molecule has 0 unspecified atom stereocenters. The number of carbonyl (C=O) groups excluding carboxylic acids is 1. The minimum atomic E-state index is -0.540. The number of aromatic amines is 1. The number of primary amides is 1. The van der Waals surface area contributed by atoms with Gasteiger partial charge in [-0.25, -0.2) is 9.97 Å². The Kier molecular flexibility index (Phi) is 3.79. The summed E-state index contributed by atoms with van der Waals surface area (Å²) < 4.78 is 0. The van der Waals surface area contributed by atoms with Crippen LogP contribution in [-0.2, 0) is 4.79 Å². The molecule has 0 saturated carbocycles. The topological polar surface area (TPSA) is 108 Å². The molecule has 23 heavy (non-hydrogen) atoms. The molecule has 3 aromatic rings. The summed E-state index contributed by atoms with van der Waals surface area (Å²) in [6.07, 6.45) is 6.14. The third-order valence-corrected chi connectivity index (χ3v) is 3.54. The standard InChI is InChI=1S/C16H10ClN5O/c17-12-5-9(1-2-10(12)6-18)13-8-21-16-15(22-13)11(7-20-16)3-4-14(19)23/h1-5,7-8H,(H2,19,23)(H,20,21)/b4-3+. The first-order valence-corrected chi connectivity index (χ1v) is 6.98. The predicted octanol–water partition coefficient (Wildman–Crippen LogP) is 2.65. The second kappa shape index (κ2) is 5.91. The minimum Gasteiger partial charge on any atom is -0.366 e. The molecule has 1 amide bonds. The van der Waals surface area contributed by atoms with Gasteiger partial charge in [0.1, 0.15) is 11.6 Å². The van der Waals surface area contributed by atoms with Crippen LogP contribution in [0.25, 0.3) is 28.5 Å². The van der Waals surface area contributed by atoms with Gasteiger partial charge in [-0.1, -0.05) is 17.7 Å². The molecule has 0 spiro atoms. The molecular weight excluding hydrogens is 314 g/mol. The quantitative estimate of drug-likeness (QED) is 0.722. The summed E-state index contributed by atoms with van der Waals surface area (Å²) in [5.74, 6) is -0.540. The summed E-state index contributed by atoms with van der Waals surface area (Å²) in [4.78, 5) is 22.7. The normalized spacial score (nSPS) is 11.0. The van der Waals surface area contributed by atoms with E-state index in [0.29, 0.717) is 33.0 Å². The van der Waals surface area contributed by atoms with E-state index in [9.17, 15) is 4.79 Å². The lowest BCUT2D eigenvalue weighted by molar-refractivity contribution is -0.113. The molecule has 112 valence electrons. The number of H-pyrrole nitrogens is 1. The van der Waals surface area contributed by atoms with Crippen molar-refractivity contribution in [3.05, 3.63) is 52.8 Å². The summed E-state index contributed by atoms with van der Waals surface area (Å²) in [7, 11) is 0. The Morgan fingerprint density at radius 3 is 2.96 bits per heavy atom. The minimum absolute atomic E-state index is 0.356. The monoisotopic (exact) mass is 323 g/mol. The van der Waals surface area contributed by atoms with Crippen molar-refractivity contribution in [1.29, 1.82) is 5.26 Å². The lowest BCUT2D eigenvalue weighted by Crippen LogP contribution is -2.05. The van der Waals surface area contributed by atoms with E-state index in [2.05, 4.69) is 15.0 Å². The Balaban J connectivity index is 2.09. The predicted molar refractivity (Wildman–Crippen MR) is 87.3 cm³/mol. The Bertz CT molecular complexity index is 984. The number of nitrogens with one attached hydrogen (secondary N) is 1. The van der Waals surface area contributed by atoms with Crippen LogP contribution in [0, 0.1) is 11.3 Å². The molecule has 0 aliphatic heterocycles. The van der Waals surface area contributed by atoms with Gasteiger partial charge in [-0.15, -0.1) is 0 Å². The highest BCUT2D eigenvalue weighted by atomic mass is 35.5. The average Bonchev–Trinajstić information content (AvgIpc) is 2.95. The van der Waals surface area contributed by atoms with Gasteiger partial charge in [0.05, 0.1) is 22.5 Å². The molecule has 1 aromatic carbocycles. The van der Waals surface area contributed by atoms with Crippen molar-refractivity contribution < 1.29 is 4.79 Å². The summed E-state index contributed by atoms with van der Waals surface area (Å²) >= 11 is 6.05. The molecule has 2 aromatic heterocycles. The second-order valence-electron chi connectivity index (χ2n) is 4.74. The highest BCUT2D eigenvalue weighted by Crippen LogP contribution is 2.25. The number of benzene rings is 1. The molecule has 0 atom stereocenters. The van der Waals surface area contributed by atoms with Gasteiger partial charge in [0.25, 0.3) is 0 Å². The van der Waals surface area contributed by atoms with E-state index in [-0.39, 0.29) is 0 Å². The SMILES string of the molecule is N#Cc1ccc(-c2cnc3[nH]cc(/C=C/C(N)=O)c3n2)cc1Cl. The maximum atomic E-state index is 10.9. The van der Waals surface area contributed by atoms with Gasteiger partial charge >= 0.3 is 0 Å². The van der Waals surface area contributed by atoms with E-state index in [1.165, 1.54) is 6.08 Å². The summed E-state index contributed by atoms with van der Waals surface area (Å²) in [5, 5.41) is 9.28. The number of carbonyl (C=O) groups is 1. The van der Waals surface area contributed by atoms with Crippen LogP contribution >= 0.6 is 11.6 Å². The number of hydrogen-bond acceptors (Lipinski definition) is 4. The van der Waals surface area contributed by atoms with Crippen LogP contribution in [0.1, 0.15) is 11.1 Å². The zero-order valence-electron chi connectivity index (χ0n) is 11.7. The molecule has 0 radical (unpaired) electrons. The molecule has 3 rings (SSSR count). The molecule has 0 saturated heterocycles. The Morgan fingerprint density at radius 1 is 1.43 bits per heavy atom. The molecule has 7 heteroatoms. The number of nitrogens with two attached hydrogens (primary N) is 1. The van der Waals surface area contributed by atoms with Crippen LogP contribution < -0.4 is 5.73 Å². The number of hydrogen-bond donors (Lipinski definition) is 2. The van der Waals surface area contributed by atoms with Gasteiger partial charge in [-0.05, 0) is 18.2 Å². The highest BCUT2D eigenvalue weighted by Gasteiger charge is 2.09. The van der Waals surface area contributed by atoms with Gasteiger partial charge in [0.2, 0.25) is 5.91 Å². The van der Waals surface area contributed by atoms with E-state index in [1.54, 1.807) is 36.7 Å². The van der Waals surface area contributed by atoms with Crippen molar-refractivity contribution in [1.82, 2.24) is 15.0 Å². The van der Waals surface area contributed by atoms with Gasteiger partial charge in [-0.3, -0.25) is 4.79 Å². The molecule has 6 nitrogen and oxygen atoms in total. The van der Waals surface area contributed by atoms with E-state index >= 15 is 0 Å². The zero-order chi connectivity index (χ0) is 16.4. The van der Waals surface area contributed by atoms with Crippen molar-refractivity contribution in [2.45, 2.75) is 0 Å². The summed E-state index contributed by atoms with van der Waals surface area (Å²) in [6, 6.07) is 7.07. The molecule has 3 N–H and O–H groups in total. The maximum Gasteiger partial charge on any atom is 0.241 e. The Hall–Kier alpha value is -3.17.